The van der Waals surface area contributed by atoms with Gasteiger partial charge in [0.05, 0.1) is 6.20 Å². The van der Waals surface area contributed by atoms with E-state index < -0.39 is 0 Å². The maximum absolute atomic E-state index is 6.16. The Morgan fingerprint density at radius 2 is 2.10 bits per heavy atom. The van der Waals surface area contributed by atoms with E-state index in [4.69, 9.17) is 4.74 Å². The van der Waals surface area contributed by atoms with Gasteiger partial charge in [-0.2, -0.15) is 4.98 Å². The minimum absolute atomic E-state index is 0.280. The fourth-order valence-electron chi connectivity index (χ4n) is 2.77. The van der Waals surface area contributed by atoms with Gasteiger partial charge in [0.15, 0.2) is 0 Å². The lowest BCUT2D eigenvalue weighted by molar-refractivity contribution is 0.178. The lowest BCUT2D eigenvalue weighted by Crippen LogP contribution is -2.17. The Labute approximate surface area is 119 Å². The monoisotopic (exact) mass is 274 g/mol. The minimum atomic E-state index is 0.280. The Bertz CT molecular complexity index is 558. The summed E-state index contributed by atoms with van der Waals surface area (Å²) < 4.78 is 8.13. The summed E-state index contributed by atoms with van der Waals surface area (Å²) in [5, 5.41) is 3.24. The molecule has 0 radical (unpaired) electrons. The first-order chi connectivity index (χ1) is 9.86. The highest BCUT2D eigenvalue weighted by atomic mass is 16.5. The zero-order valence-corrected chi connectivity index (χ0v) is 12.0. The van der Waals surface area contributed by atoms with Crippen molar-refractivity contribution in [1.29, 1.82) is 0 Å². The average Bonchev–Trinajstić information content (AvgIpc) is 2.77. The molecule has 0 amide bonds. The van der Waals surface area contributed by atoms with E-state index in [1.165, 1.54) is 25.7 Å². The van der Waals surface area contributed by atoms with Crippen molar-refractivity contribution in [3.63, 3.8) is 0 Å². The van der Waals surface area contributed by atoms with Crippen LogP contribution in [0.3, 0.4) is 0 Å². The number of fused-ring (bicyclic) bond motifs is 1. The predicted molar refractivity (Wildman–Crippen MR) is 79.3 cm³/mol. The van der Waals surface area contributed by atoms with Gasteiger partial charge in [-0.15, -0.1) is 0 Å². The molecule has 0 atom stereocenters. The van der Waals surface area contributed by atoms with E-state index >= 15 is 0 Å². The lowest BCUT2D eigenvalue weighted by atomic mass is 10.1. The van der Waals surface area contributed by atoms with E-state index in [1.54, 1.807) is 6.20 Å². The Morgan fingerprint density at radius 1 is 1.30 bits per heavy atom. The number of aromatic nitrogens is 3. The maximum atomic E-state index is 6.16. The van der Waals surface area contributed by atoms with Gasteiger partial charge in [-0.1, -0.05) is 12.8 Å². The second-order valence-corrected chi connectivity index (χ2v) is 5.35. The SMILES string of the molecule is CCNc1cn2ccnc2c(OC2CCCCCC2)n1. The molecule has 3 rings (SSSR count). The topological polar surface area (TPSA) is 51.5 Å². The summed E-state index contributed by atoms with van der Waals surface area (Å²) in [6.07, 6.45) is 13.3. The van der Waals surface area contributed by atoms with Gasteiger partial charge in [-0.05, 0) is 32.6 Å². The van der Waals surface area contributed by atoms with E-state index in [-0.39, 0.29) is 6.10 Å². The van der Waals surface area contributed by atoms with Gasteiger partial charge in [0, 0.05) is 18.9 Å². The van der Waals surface area contributed by atoms with Crippen molar-refractivity contribution in [3.8, 4) is 5.88 Å². The van der Waals surface area contributed by atoms with Crippen LogP contribution < -0.4 is 10.1 Å². The van der Waals surface area contributed by atoms with Gasteiger partial charge in [0.2, 0.25) is 5.65 Å². The van der Waals surface area contributed by atoms with Crippen LogP contribution in [-0.2, 0) is 0 Å². The Kier molecular flexibility index (Phi) is 4.04. The van der Waals surface area contributed by atoms with Crippen LogP contribution in [0.5, 0.6) is 5.88 Å². The van der Waals surface area contributed by atoms with Crippen LogP contribution in [0.15, 0.2) is 18.6 Å². The molecule has 0 aromatic carbocycles. The molecule has 0 saturated heterocycles. The quantitative estimate of drug-likeness (QED) is 0.869. The zero-order valence-electron chi connectivity index (χ0n) is 12.0. The Hall–Kier alpha value is -1.78. The first kappa shape index (κ1) is 13.2. The molecular weight excluding hydrogens is 252 g/mol. The first-order valence-corrected chi connectivity index (χ1v) is 7.61. The second-order valence-electron chi connectivity index (χ2n) is 5.35. The van der Waals surface area contributed by atoms with E-state index in [2.05, 4.69) is 22.2 Å². The van der Waals surface area contributed by atoms with Gasteiger partial charge in [-0.25, -0.2) is 4.98 Å². The second kappa shape index (κ2) is 6.11. The highest BCUT2D eigenvalue weighted by Crippen LogP contribution is 2.25. The third-order valence-corrected chi connectivity index (χ3v) is 3.78. The molecular formula is C15H22N4O. The molecule has 2 aromatic heterocycles. The third kappa shape index (κ3) is 2.86. The summed E-state index contributed by atoms with van der Waals surface area (Å²) in [5.41, 5.74) is 0.802. The number of nitrogens with one attached hydrogen (secondary N) is 1. The molecule has 108 valence electrons. The van der Waals surface area contributed by atoms with Crippen LogP contribution in [0, 0.1) is 0 Å². The van der Waals surface area contributed by atoms with Crippen molar-refractivity contribution in [2.24, 2.45) is 0 Å². The van der Waals surface area contributed by atoms with Crippen LogP contribution in [0.25, 0.3) is 5.65 Å². The molecule has 2 aromatic rings. The number of imidazole rings is 1. The minimum Gasteiger partial charge on any atom is -0.472 e. The van der Waals surface area contributed by atoms with E-state index in [0.717, 1.165) is 30.9 Å². The molecule has 5 heteroatoms. The van der Waals surface area contributed by atoms with Gasteiger partial charge >= 0.3 is 0 Å². The molecule has 1 aliphatic carbocycles. The van der Waals surface area contributed by atoms with E-state index in [9.17, 15) is 0 Å². The standard InChI is InChI=1S/C15H22N4O/c1-2-16-13-11-19-10-9-17-14(19)15(18-13)20-12-7-5-3-4-6-8-12/h9-12,16H,2-8H2,1H3. The largest absolute Gasteiger partial charge is 0.472 e. The first-order valence-electron chi connectivity index (χ1n) is 7.61. The van der Waals surface area contributed by atoms with Crippen molar-refractivity contribution < 1.29 is 4.74 Å². The Balaban J connectivity index is 1.86. The van der Waals surface area contributed by atoms with Crippen molar-refractivity contribution in [2.45, 2.75) is 51.6 Å². The van der Waals surface area contributed by atoms with Crippen molar-refractivity contribution in [3.05, 3.63) is 18.6 Å². The molecule has 20 heavy (non-hydrogen) atoms. The van der Waals surface area contributed by atoms with Crippen LogP contribution in [0.2, 0.25) is 0 Å². The summed E-state index contributed by atoms with van der Waals surface area (Å²) >= 11 is 0. The van der Waals surface area contributed by atoms with Gasteiger partial charge in [-0.3, -0.25) is 4.40 Å². The number of ether oxygens (including phenoxy) is 1. The summed E-state index contributed by atoms with van der Waals surface area (Å²) in [6, 6.07) is 0. The van der Waals surface area contributed by atoms with E-state index in [0.29, 0.717) is 5.88 Å². The van der Waals surface area contributed by atoms with Crippen LogP contribution >= 0.6 is 0 Å². The van der Waals surface area contributed by atoms with Gasteiger partial charge in [0.1, 0.15) is 11.9 Å². The fourth-order valence-corrected chi connectivity index (χ4v) is 2.77. The fraction of sp³-hybridized carbons (Fsp3) is 0.600. The zero-order chi connectivity index (χ0) is 13.8. The number of nitrogens with zero attached hydrogens (tertiary/aromatic N) is 3. The molecule has 0 aliphatic heterocycles. The molecule has 1 aliphatic rings. The van der Waals surface area contributed by atoms with E-state index in [1.807, 2.05) is 16.8 Å². The smallest absolute Gasteiger partial charge is 0.260 e. The Morgan fingerprint density at radius 3 is 2.85 bits per heavy atom. The predicted octanol–water partition coefficient (Wildman–Crippen LogP) is 3.26. The maximum Gasteiger partial charge on any atom is 0.260 e. The van der Waals surface area contributed by atoms with Crippen LogP contribution in [-0.4, -0.2) is 27.0 Å². The summed E-state index contributed by atoms with van der Waals surface area (Å²) in [5.74, 6) is 1.49. The lowest BCUT2D eigenvalue weighted by Gasteiger charge is -2.17. The van der Waals surface area contributed by atoms with Crippen LogP contribution in [0.4, 0.5) is 5.82 Å². The summed E-state index contributed by atoms with van der Waals surface area (Å²) in [4.78, 5) is 8.93. The molecule has 0 unspecified atom stereocenters. The van der Waals surface area contributed by atoms with Gasteiger partial charge in [0.25, 0.3) is 5.88 Å². The number of anilines is 1. The highest BCUT2D eigenvalue weighted by Gasteiger charge is 2.17. The number of hydrogen-bond donors (Lipinski definition) is 1. The summed E-state index contributed by atoms with van der Waals surface area (Å²) in [6.45, 7) is 2.90. The molecule has 2 heterocycles. The van der Waals surface area contributed by atoms with Gasteiger partial charge < -0.3 is 10.1 Å². The molecule has 1 fully saturated rings. The van der Waals surface area contributed by atoms with Crippen molar-refractivity contribution in [2.75, 3.05) is 11.9 Å². The van der Waals surface area contributed by atoms with Crippen LogP contribution in [0.1, 0.15) is 45.4 Å². The molecule has 1 N–H and O–H groups in total. The number of hydrogen-bond acceptors (Lipinski definition) is 4. The highest BCUT2D eigenvalue weighted by molar-refractivity contribution is 5.53. The molecule has 0 spiro atoms. The average molecular weight is 274 g/mol. The third-order valence-electron chi connectivity index (χ3n) is 3.78. The van der Waals surface area contributed by atoms with Crippen molar-refractivity contribution in [1.82, 2.24) is 14.4 Å². The van der Waals surface area contributed by atoms with Crippen molar-refractivity contribution >= 4 is 11.5 Å². The summed E-state index contributed by atoms with van der Waals surface area (Å²) in [7, 11) is 0. The molecule has 0 bridgehead atoms. The normalized spacial score (nSPS) is 17.1. The number of rotatable bonds is 4. The molecule has 5 nitrogen and oxygen atoms in total. The molecule has 1 saturated carbocycles.